The molecule has 11 heteroatoms. The predicted molar refractivity (Wildman–Crippen MR) is 87.9 cm³/mol. The van der Waals surface area contributed by atoms with E-state index in [1.54, 1.807) is 0 Å². The lowest BCUT2D eigenvalue weighted by Crippen LogP contribution is -2.45. The first kappa shape index (κ1) is 20.4. The number of hydrogen-bond acceptors (Lipinski definition) is 6. The number of nitrogens with one attached hydrogen (secondary N) is 1. The van der Waals surface area contributed by atoms with Gasteiger partial charge in [0.2, 0.25) is 0 Å². The minimum atomic E-state index is -4.83. The molecule has 2 heterocycles. The first-order valence-electron chi connectivity index (χ1n) is 7.28. The van der Waals surface area contributed by atoms with Gasteiger partial charge in [-0.05, 0) is 25.1 Å². The van der Waals surface area contributed by atoms with E-state index < -0.39 is 35.5 Å². The molecule has 142 valence electrons. The fraction of sp³-hybridized carbons (Fsp3) is 0.250. The van der Waals surface area contributed by atoms with Crippen LogP contribution in [0.2, 0.25) is 5.15 Å². The van der Waals surface area contributed by atoms with Crippen LogP contribution in [0.25, 0.3) is 0 Å². The molecule has 0 saturated carbocycles. The number of nitriles is 1. The molecule has 0 radical (unpaired) electrons. The molecule has 0 aliphatic heterocycles. The third-order valence-corrected chi connectivity index (χ3v) is 3.49. The van der Waals surface area contributed by atoms with Crippen molar-refractivity contribution in [3.8, 4) is 11.8 Å². The van der Waals surface area contributed by atoms with Crippen LogP contribution in [0, 0.1) is 11.3 Å². The molecule has 0 spiro atoms. The molecular formula is C16H12ClF3N4O3. The molecule has 2 N–H and O–H groups in total. The van der Waals surface area contributed by atoms with E-state index in [0.717, 1.165) is 13.1 Å². The Bertz CT molecular complexity index is 880. The third kappa shape index (κ3) is 5.29. The second-order valence-corrected chi connectivity index (χ2v) is 5.95. The molecule has 27 heavy (non-hydrogen) atoms. The first-order chi connectivity index (χ1) is 12.5. The van der Waals surface area contributed by atoms with Gasteiger partial charge in [-0.2, -0.15) is 18.4 Å². The number of amides is 1. The van der Waals surface area contributed by atoms with Gasteiger partial charge in [-0.25, -0.2) is 9.97 Å². The lowest BCUT2D eigenvalue weighted by Gasteiger charge is -2.22. The van der Waals surface area contributed by atoms with Gasteiger partial charge in [0.15, 0.2) is 11.3 Å². The van der Waals surface area contributed by atoms with E-state index in [1.165, 1.54) is 24.4 Å². The number of alkyl halides is 3. The standard InChI is InChI=1S/C16H12ClF3N4O3/c1-15(26,8-27-10-2-3-13(17)23-7-10)14(25)24-9-4-11(16(18,19)20)12(5-21)22-6-9/h2-4,6-7,26H,8H2,1H3,(H,24,25)/t15-/m0/s1. The molecule has 1 atom stereocenters. The van der Waals surface area contributed by atoms with Crippen LogP contribution in [-0.2, 0) is 11.0 Å². The van der Waals surface area contributed by atoms with E-state index in [9.17, 15) is 23.1 Å². The van der Waals surface area contributed by atoms with Crippen molar-refractivity contribution in [1.29, 1.82) is 5.26 Å². The number of hydrogen-bond donors (Lipinski definition) is 2. The lowest BCUT2D eigenvalue weighted by molar-refractivity contribution is -0.138. The van der Waals surface area contributed by atoms with Gasteiger partial charge in [0.1, 0.15) is 23.6 Å². The molecule has 2 rings (SSSR count). The maximum Gasteiger partial charge on any atom is 0.419 e. The summed E-state index contributed by atoms with van der Waals surface area (Å²) in [6.07, 6.45) is -2.67. The summed E-state index contributed by atoms with van der Waals surface area (Å²) in [5, 5.41) is 21.3. The fourth-order valence-electron chi connectivity index (χ4n) is 1.84. The molecule has 2 aromatic heterocycles. The van der Waals surface area contributed by atoms with Crippen molar-refractivity contribution in [2.24, 2.45) is 0 Å². The second kappa shape index (κ2) is 7.77. The molecule has 1 amide bonds. The van der Waals surface area contributed by atoms with Crippen LogP contribution >= 0.6 is 11.6 Å². The number of anilines is 1. The summed E-state index contributed by atoms with van der Waals surface area (Å²) >= 11 is 5.62. The Hall–Kier alpha value is -2.90. The Morgan fingerprint density at radius 1 is 1.37 bits per heavy atom. The topological polar surface area (TPSA) is 108 Å². The quantitative estimate of drug-likeness (QED) is 0.747. The van der Waals surface area contributed by atoms with Crippen molar-refractivity contribution in [2.45, 2.75) is 18.7 Å². The molecule has 0 fully saturated rings. The maximum atomic E-state index is 12.9. The van der Waals surface area contributed by atoms with Gasteiger partial charge < -0.3 is 15.2 Å². The van der Waals surface area contributed by atoms with Crippen molar-refractivity contribution in [1.82, 2.24) is 9.97 Å². The average Bonchev–Trinajstić information content (AvgIpc) is 2.60. The summed E-state index contributed by atoms with van der Waals surface area (Å²) in [6, 6.07) is 4.78. The maximum absolute atomic E-state index is 12.9. The number of pyridine rings is 2. The Morgan fingerprint density at radius 3 is 2.63 bits per heavy atom. The number of carbonyl (C=O) groups excluding carboxylic acids is 1. The number of carbonyl (C=O) groups is 1. The van der Waals surface area contributed by atoms with Crippen LogP contribution in [0.15, 0.2) is 30.6 Å². The van der Waals surface area contributed by atoms with Crippen molar-refractivity contribution in [3.63, 3.8) is 0 Å². The summed E-state index contributed by atoms with van der Waals surface area (Å²) in [4.78, 5) is 19.3. The van der Waals surface area contributed by atoms with Crippen molar-refractivity contribution >= 4 is 23.2 Å². The van der Waals surface area contributed by atoms with Gasteiger partial charge in [0.25, 0.3) is 5.91 Å². The van der Waals surface area contributed by atoms with Crippen LogP contribution < -0.4 is 10.1 Å². The number of rotatable bonds is 5. The summed E-state index contributed by atoms with van der Waals surface area (Å²) in [5.41, 5.74) is -4.54. The van der Waals surface area contributed by atoms with Gasteiger partial charge in [-0.1, -0.05) is 11.6 Å². The van der Waals surface area contributed by atoms with Crippen molar-refractivity contribution in [3.05, 3.63) is 47.0 Å². The Kier molecular flexibility index (Phi) is 5.88. The van der Waals surface area contributed by atoms with Crippen LogP contribution in [0.5, 0.6) is 5.75 Å². The number of ether oxygens (including phenoxy) is 1. The fourth-order valence-corrected chi connectivity index (χ4v) is 1.95. The number of aliphatic hydroxyl groups is 1. The summed E-state index contributed by atoms with van der Waals surface area (Å²) < 4.78 is 44.0. The molecule has 0 unspecified atom stereocenters. The molecule has 7 nitrogen and oxygen atoms in total. The SMILES string of the molecule is C[C@](O)(COc1ccc(Cl)nc1)C(=O)Nc1cnc(C#N)c(C(F)(F)F)c1. The highest BCUT2D eigenvalue weighted by Crippen LogP contribution is 2.32. The van der Waals surface area contributed by atoms with Crippen LogP contribution in [0.4, 0.5) is 18.9 Å². The number of halogens is 4. The van der Waals surface area contributed by atoms with Gasteiger partial charge in [0, 0.05) is 0 Å². The van der Waals surface area contributed by atoms with Crippen LogP contribution in [0.1, 0.15) is 18.2 Å². The Balaban J connectivity index is 2.11. The van der Waals surface area contributed by atoms with Crippen molar-refractivity contribution < 1.29 is 27.8 Å². The summed E-state index contributed by atoms with van der Waals surface area (Å²) in [5.74, 6) is -0.795. The zero-order valence-electron chi connectivity index (χ0n) is 13.7. The minimum Gasteiger partial charge on any atom is -0.488 e. The highest BCUT2D eigenvalue weighted by atomic mass is 35.5. The Morgan fingerprint density at radius 2 is 2.07 bits per heavy atom. The smallest absolute Gasteiger partial charge is 0.419 e. The molecule has 2 aromatic rings. The van der Waals surface area contributed by atoms with Crippen molar-refractivity contribution in [2.75, 3.05) is 11.9 Å². The molecule has 0 aliphatic rings. The Labute approximate surface area is 156 Å². The van der Waals surface area contributed by atoms with Gasteiger partial charge in [-0.15, -0.1) is 0 Å². The first-order valence-corrected chi connectivity index (χ1v) is 7.66. The highest BCUT2D eigenvalue weighted by molar-refractivity contribution is 6.29. The van der Waals surface area contributed by atoms with E-state index in [-0.39, 0.29) is 16.6 Å². The van der Waals surface area contributed by atoms with Gasteiger partial charge >= 0.3 is 6.18 Å². The summed E-state index contributed by atoms with van der Waals surface area (Å²) in [6.45, 7) is 0.616. The largest absolute Gasteiger partial charge is 0.488 e. The molecule has 0 bridgehead atoms. The molecule has 0 aliphatic carbocycles. The number of nitrogens with zero attached hydrogens (tertiary/aromatic N) is 3. The van der Waals surface area contributed by atoms with Gasteiger partial charge in [-0.3, -0.25) is 4.79 Å². The predicted octanol–water partition coefficient (Wildman–Crippen LogP) is 2.79. The van der Waals surface area contributed by atoms with E-state index in [0.29, 0.717) is 6.07 Å². The van der Waals surface area contributed by atoms with E-state index in [2.05, 4.69) is 15.3 Å². The minimum absolute atomic E-state index is 0.223. The van der Waals surface area contributed by atoms with E-state index >= 15 is 0 Å². The normalized spacial score (nSPS) is 13.4. The summed E-state index contributed by atoms with van der Waals surface area (Å²) in [7, 11) is 0. The molecular weight excluding hydrogens is 389 g/mol. The molecule has 0 saturated heterocycles. The second-order valence-electron chi connectivity index (χ2n) is 5.56. The van der Waals surface area contributed by atoms with Crippen LogP contribution in [-0.4, -0.2) is 33.2 Å². The molecule has 0 aromatic carbocycles. The van der Waals surface area contributed by atoms with E-state index in [4.69, 9.17) is 21.6 Å². The lowest BCUT2D eigenvalue weighted by atomic mass is 10.1. The zero-order chi connectivity index (χ0) is 20.2. The average molecular weight is 401 g/mol. The third-order valence-electron chi connectivity index (χ3n) is 3.27. The van der Waals surface area contributed by atoms with E-state index in [1.807, 2.05) is 0 Å². The van der Waals surface area contributed by atoms with Crippen LogP contribution in [0.3, 0.4) is 0 Å². The zero-order valence-corrected chi connectivity index (χ0v) is 14.5. The van der Waals surface area contributed by atoms with Gasteiger partial charge in [0.05, 0.1) is 23.6 Å². The highest BCUT2D eigenvalue weighted by Gasteiger charge is 2.36. The number of aromatic nitrogens is 2. The monoisotopic (exact) mass is 400 g/mol.